The van der Waals surface area contributed by atoms with Gasteiger partial charge in [-0.2, -0.15) is 6.08 Å². The van der Waals surface area contributed by atoms with Gasteiger partial charge >= 0.3 is 18.9 Å². The molecule has 1 N–H and O–H groups in total. The summed E-state index contributed by atoms with van der Waals surface area (Å²) in [5.41, 5.74) is 1.57. The predicted molar refractivity (Wildman–Crippen MR) is 131 cm³/mol. The first-order valence-corrected chi connectivity index (χ1v) is 10.9. The number of nitrogens with zero attached hydrogens (tertiary/aromatic N) is 3. The van der Waals surface area contributed by atoms with E-state index in [-0.39, 0.29) is 36.7 Å². The van der Waals surface area contributed by atoms with Crippen LogP contribution in [0.5, 0.6) is 0 Å². The smallest absolute Gasteiger partial charge is 0.419 e. The van der Waals surface area contributed by atoms with Gasteiger partial charge in [0.25, 0.3) is 5.91 Å². The molecule has 2 atom stereocenters. The summed E-state index contributed by atoms with van der Waals surface area (Å²) in [5.74, 6) is 0.305. The van der Waals surface area contributed by atoms with E-state index in [9.17, 15) is 14.0 Å². The molecule has 1 aliphatic heterocycles. The Kier molecular flexibility index (Phi) is 12.4. The summed E-state index contributed by atoms with van der Waals surface area (Å²) in [6, 6.07) is 6.91. The Balaban J connectivity index is 0.000000346. The molecule has 34 heavy (non-hydrogen) atoms. The van der Waals surface area contributed by atoms with Crippen LogP contribution >= 0.6 is 11.6 Å². The van der Waals surface area contributed by atoms with E-state index in [4.69, 9.17) is 11.6 Å². The fourth-order valence-corrected chi connectivity index (χ4v) is 3.59. The van der Waals surface area contributed by atoms with Crippen LogP contribution in [0.4, 0.5) is 10.1 Å². The maximum Gasteiger partial charge on any atom is 1.00 e. The number of hydrogen-bond acceptors (Lipinski definition) is 4. The molecule has 6 nitrogen and oxygen atoms in total. The molecule has 1 unspecified atom stereocenters. The summed E-state index contributed by atoms with van der Waals surface area (Å²) in [6.45, 7) is 17.0. The largest absolute Gasteiger partial charge is 1.00 e. The average molecular weight is 479 g/mol. The van der Waals surface area contributed by atoms with E-state index < -0.39 is 6.17 Å². The molecule has 1 fully saturated rings. The molecule has 0 spiro atoms. The second kappa shape index (κ2) is 14.2. The van der Waals surface area contributed by atoms with Crippen molar-refractivity contribution in [3.63, 3.8) is 0 Å². The van der Waals surface area contributed by atoms with E-state index in [1.165, 1.54) is 12.3 Å². The van der Waals surface area contributed by atoms with E-state index in [1.807, 2.05) is 6.92 Å². The molecule has 0 saturated carbocycles. The number of anilines is 1. The van der Waals surface area contributed by atoms with E-state index in [2.05, 4.69) is 35.6 Å². The zero-order valence-corrected chi connectivity index (χ0v) is 20.7. The van der Waals surface area contributed by atoms with Crippen molar-refractivity contribution in [2.24, 2.45) is 5.92 Å². The molecule has 1 aliphatic rings. The van der Waals surface area contributed by atoms with E-state index >= 15 is 0 Å². The fourth-order valence-electron chi connectivity index (χ4n) is 3.40. The SMILES string of the molecule is C=C(C)C(F)C1CN(C/C=C/[C-]=O)C1.[CH2-]c1ncc(C(=O)Nc2ccccc2Cl)n1[C@H]([CH2-])C.[Li+]. The summed E-state index contributed by atoms with van der Waals surface area (Å²) < 4.78 is 15.0. The molecule has 0 aliphatic carbocycles. The third kappa shape index (κ3) is 8.17. The Morgan fingerprint density at radius 1 is 1.44 bits per heavy atom. The van der Waals surface area contributed by atoms with Gasteiger partial charge in [-0.3, -0.25) is 9.78 Å². The zero-order valence-electron chi connectivity index (χ0n) is 19.9. The van der Waals surface area contributed by atoms with Gasteiger partial charge in [-0.05, 0) is 43.3 Å². The maximum absolute atomic E-state index is 13.3. The van der Waals surface area contributed by atoms with Crippen molar-refractivity contribution in [1.29, 1.82) is 0 Å². The van der Waals surface area contributed by atoms with Gasteiger partial charge in [0.05, 0.1) is 16.9 Å². The molecule has 1 aromatic heterocycles. The van der Waals surface area contributed by atoms with Crippen molar-refractivity contribution >= 4 is 29.5 Å². The van der Waals surface area contributed by atoms with Gasteiger partial charge in [0.1, 0.15) is 11.9 Å². The van der Waals surface area contributed by atoms with Crippen LogP contribution in [0.15, 0.2) is 54.8 Å². The number of alkyl halides is 1. The monoisotopic (exact) mass is 478 g/mol. The third-order valence-corrected chi connectivity index (χ3v) is 5.42. The first-order valence-electron chi connectivity index (χ1n) is 10.5. The van der Waals surface area contributed by atoms with Gasteiger partial charge in [-0.1, -0.05) is 43.3 Å². The van der Waals surface area contributed by atoms with Crippen LogP contribution in [0.3, 0.4) is 0 Å². The second-order valence-electron chi connectivity index (χ2n) is 7.96. The second-order valence-corrected chi connectivity index (χ2v) is 8.37. The van der Waals surface area contributed by atoms with Crippen molar-refractivity contribution < 1.29 is 32.8 Å². The van der Waals surface area contributed by atoms with Gasteiger partial charge < -0.3 is 33.4 Å². The minimum Gasteiger partial charge on any atom is -0.419 e. The Morgan fingerprint density at radius 2 is 2.09 bits per heavy atom. The molecule has 9 heteroatoms. The average Bonchev–Trinajstić information content (AvgIpc) is 3.13. The summed E-state index contributed by atoms with van der Waals surface area (Å²) >= 11 is 6.00. The summed E-state index contributed by atoms with van der Waals surface area (Å²) in [6.07, 6.45) is 5.36. The number of para-hydroxylation sites is 1. The standard InChI is InChI=1S/C14H14ClN3O.C11H15FNO.Li/c1-9(2)18-10(3)16-8-13(18)14(19)17-12-7-5-4-6-11(12)15;1-9(2)11(12)10-7-13(8-10)5-3-4-6-14;/h4-9H,1,3H2,2H3,(H,17,19);3-4,10-11H,1,5,7-8H2,2H3;/q-2;-1;+1/b;4-3+;/t9-;;/m1../s1. The molecule has 1 aromatic carbocycles. The minimum atomic E-state index is -0.882. The minimum absolute atomic E-state index is 0. The number of carbonyl (C=O) groups excluding carboxylic acids is 2. The van der Waals surface area contributed by atoms with E-state index in [1.54, 1.807) is 48.1 Å². The number of hydrogen-bond donors (Lipinski definition) is 1. The van der Waals surface area contributed by atoms with Crippen LogP contribution in [-0.2, 0) is 4.79 Å². The fraction of sp³-hybridized carbons (Fsp3) is 0.320. The van der Waals surface area contributed by atoms with Crippen LogP contribution in [0.1, 0.15) is 36.2 Å². The number of imidazole rings is 1. The Bertz CT molecular complexity index is 1000. The number of halogens is 2. The Morgan fingerprint density at radius 3 is 2.65 bits per heavy atom. The predicted octanol–water partition coefficient (Wildman–Crippen LogP) is 1.87. The summed E-state index contributed by atoms with van der Waals surface area (Å²) in [5, 5.41) is 3.23. The van der Waals surface area contributed by atoms with Gasteiger partial charge in [-0.15, -0.1) is 0 Å². The van der Waals surface area contributed by atoms with Crippen LogP contribution in [0.2, 0.25) is 5.02 Å². The Hall–Kier alpha value is -2.30. The first kappa shape index (κ1) is 29.7. The van der Waals surface area contributed by atoms with Gasteiger partial charge in [0, 0.05) is 19.0 Å². The normalized spacial score (nSPS) is 15.3. The number of benzene rings is 1. The third-order valence-electron chi connectivity index (χ3n) is 5.09. The number of rotatable bonds is 8. The van der Waals surface area contributed by atoms with Crippen molar-refractivity contribution in [2.75, 3.05) is 25.0 Å². The molecule has 1 amide bonds. The van der Waals surface area contributed by atoms with Crippen molar-refractivity contribution in [3.8, 4) is 0 Å². The first-order chi connectivity index (χ1) is 15.6. The number of likely N-dealkylation sites (tertiary alicyclic amines) is 1. The molecule has 3 rings (SSSR count). The molecule has 2 aromatic rings. The van der Waals surface area contributed by atoms with E-state index in [0.717, 1.165) is 13.1 Å². The molecule has 1 saturated heterocycles. The molecular formula is C25H29ClFLiN4O2-2. The van der Waals surface area contributed by atoms with Gasteiger partial charge in [-0.25, -0.2) is 10.5 Å². The van der Waals surface area contributed by atoms with Crippen LogP contribution < -0.4 is 24.2 Å². The number of aromatic nitrogens is 2. The zero-order chi connectivity index (χ0) is 24.5. The van der Waals surface area contributed by atoms with Gasteiger partial charge in [0.2, 0.25) is 0 Å². The van der Waals surface area contributed by atoms with Crippen molar-refractivity contribution in [2.45, 2.75) is 26.1 Å². The molecule has 178 valence electrons. The van der Waals surface area contributed by atoms with E-state index in [0.29, 0.717) is 34.3 Å². The summed E-state index contributed by atoms with van der Waals surface area (Å²) in [4.78, 5) is 28.2. The molecule has 2 heterocycles. The number of allylic oxidation sites excluding steroid dienone is 2. The quantitative estimate of drug-likeness (QED) is 0.272. The van der Waals surface area contributed by atoms with Crippen LogP contribution in [-0.4, -0.2) is 52.5 Å². The van der Waals surface area contributed by atoms with Crippen LogP contribution in [0, 0.1) is 19.8 Å². The molecule has 0 radical (unpaired) electrons. The maximum atomic E-state index is 13.3. The number of carbonyl (C=O) groups is 1. The van der Waals surface area contributed by atoms with Gasteiger partial charge in [0.15, 0.2) is 0 Å². The number of amides is 1. The summed E-state index contributed by atoms with van der Waals surface area (Å²) in [7, 11) is 0. The molecule has 0 bridgehead atoms. The van der Waals surface area contributed by atoms with Crippen molar-refractivity contribution in [1.82, 2.24) is 14.5 Å². The van der Waals surface area contributed by atoms with Crippen molar-refractivity contribution in [3.05, 3.63) is 85.2 Å². The topological polar surface area (TPSA) is 67.2 Å². The molecular weight excluding hydrogens is 450 g/mol. The Labute approximate surface area is 218 Å². The van der Waals surface area contributed by atoms with Crippen LogP contribution in [0.25, 0.3) is 0 Å². The number of nitrogens with one attached hydrogen (secondary N) is 1.